The van der Waals surface area contributed by atoms with Gasteiger partial charge in [-0.05, 0) is 43.9 Å². The monoisotopic (exact) mass is 488 g/mol. The highest BCUT2D eigenvalue weighted by Gasteiger charge is 2.23. The Morgan fingerprint density at radius 1 is 1.33 bits per heavy atom. The maximum Gasteiger partial charge on any atom is 0.263 e. The van der Waals surface area contributed by atoms with Crippen LogP contribution in [0, 0.1) is 6.92 Å². The Morgan fingerprint density at radius 2 is 2.15 bits per heavy atom. The van der Waals surface area contributed by atoms with E-state index in [0.29, 0.717) is 40.8 Å². The first kappa shape index (κ1) is 23.8. The Hall–Kier alpha value is -2.36. The van der Waals surface area contributed by atoms with Gasteiger partial charge in [0.05, 0.1) is 43.6 Å². The second kappa shape index (κ2) is 10.3. The van der Waals surface area contributed by atoms with Crippen molar-refractivity contribution in [1.29, 1.82) is 0 Å². The Bertz CT molecular complexity index is 1230. The minimum Gasteiger partial charge on any atom is -0.497 e. The molecule has 1 unspecified atom stereocenters. The quantitative estimate of drug-likeness (QED) is 0.249. The molecule has 4 rings (SSSR count). The molecule has 1 fully saturated rings. The lowest BCUT2D eigenvalue weighted by Gasteiger charge is -2.16. The van der Waals surface area contributed by atoms with Crippen LogP contribution in [0.15, 0.2) is 28.2 Å². The zero-order chi connectivity index (χ0) is 23.5. The summed E-state index contributed by atoms with van der Waals surface area (Å²) in [4.78, 5) is 33.3. The smallest absolute Gasteiger partial charge is 0.263 e. The van der Waals surface area contributed by atoms with Crippen molar-refractivity contribution in [1.82, 2.24) is 9.55 Å². The Balaban J connectivity index is 1.67. The van der Waals surface area contributed by atoms with Crippen molar-refractivity contribution in [3.8, 4) is 11.5 Å². The van der Waals surface area contributed by atoms with Crippen molar-refractivity contribution in [2.24, 2.45) is 0 Å². The third-order valence-corrected chi connectivity index (χ3v) is 7.90. The fraction of sp³-hybridized carbons (Fsp3) is 0.458. The first-order chi connectivity index (χ1) is 16.0. The van der Waals surface area contributed by atoms with Crippen molar-refractivity contribution in [3.05, 3.63) is 44.6 Å². The molecule has 1 aliphatic rings. The number of ketones is 1. The molecule has 3 aromatic rings. The van der Waals surface area contributed by atoms with E-state index in [4.69, 9.17) is 19.2 Å². The van der Waals surface area contributed by atoms with Crippen LogP contribution in [0.4, 0.5) is 0 Å². The van der Waals surface area contributed by atoms with E-state index in [1.54, 1.807) is 29.9 Å². The molecule has 9 heteroatoms. The second-order valence-corrected chi connectivity index (χ2v) is 10.0. The van der Waals surface area contributed by atoms with Gasteiger partial charge in [-0.15, -0.1) is 11.3 Å². The summed E-state index contributed by atoms with van der Waals surface area (Å²) in [5.74, 6) is 1.11. The molecule has 2 aromatic heterocycles. The summed E-state index contributed by atoms with van der Waals surface area (Å²) >= 11 is 2.82. The molecule has 1 aliphatic heterocycles. The van der Waals surface area contributed by atoms with E-state index >= 15 is 0 Å². The molecule has 0 saturated carbocycles. The first-order valence-corrected chi connectivity index (χ1v) is 12.8. The standard InChI is InChI=1S/C24H28N2O5S2/c1-5-17-14(2)33-22-21(17)23(28)26(12-16-7-6-10-31-16)24(25-22)32-13-19(27)18-9-8-15(29-3)11-20(18)30-4/h8-9,11,16H,5-7,10,12-13H2,1-4H3. The molecule has 33 heavy (non-hydrogen) atoms. The van der Waals surface area contributed by atoms with Crippen molar-refractivity contribution in [2.45, 2.75) is 50.9 Å². The summed E-state index contributed by atoms with van der Waals surface area (Å²) in [6.07, 6.45) is 2.68. The highest BCUT2D eigenvalue weighted by atomic mass is 32.2. The number of carbonyl (C=O) groups is 1. The number of Topliss-reactive ketones (excluding diaryl/α,β-unsaturated/α-hetero) is 1. The van der Waals surface area contributed by atoms with Gasteiger partial charge in [0, 0.05) is 17.6 Å². The van der Waals surface area contributed by atoms with Gasteiger partial charge in [0.15, 0.2) is 10.9 Å². The van der Waals surface area contributed by atoms with Crippen LogP contribution in [0.2, 0.25) is 0 Å². The molecule has 7 nitrogen and oxygen atoms in total. The maximum absolute atomic E-state index is 13.6. The highest BCUT2D eigenvalue weighted by Crippen LogP contribution is 2.31. The molecule has 0 radical (unpaired) electrons. The summed E-state index contributed by atoms with van der Waals surface area (Å²) in [6, 6.07) is 5.13. The van der Waals surface area contributed by atoms with Gasteiger partial charge in [-0.25, -0.2) is 4.98 Å². The van der Waals surface area contributed by atoms with E-state index in [9.17, 15) is 9.59 Å². The number of methoxy groups -OCH3 is 2. The number of hydrogen-bond acceptors (Lipinski definition) is 8. The molecule has 1 saturated heterocycles. The summed E-state index contributed by atoms with van der Waals surface area (Å²) in [7, 11) is 3.09. The topological polar surface area (TPSA) is 79.7 Å². The normalized spacial score (nSPS) is 15.8. The summed E-state index contributed by atoms with van der Waals surface area (Å²) in [5, 5.41) is 1.25. The fourth-order valence-electron chi connectivity index (χ4n) is 4.16. The SMILES string of the molecule is CCc1c(C)sc2nc(SCC(=O)c3ccc(OC)cc3OC)n(CC3CCCO3)c(=O)c12. The first-order valence-electron chi connectivity index (χ1n) is 11.0. The Morgan fingerprint density at radius 3 is 2.82 bits per heavy atom. The number of carbonyl (C=O) groups excluding carboxylic acids is 1. The lowest BCUT2D eigenvalue weighted by Crippen LogP contribution is -2.29. The van der Waals surface area contributed by atoms with E-state index in [-0.39, 0.29) is 23.2 Å². The molecule has 0 N–H and O–H groups in total. The van der Waals surface area contributed by atoms with E-state index in [2.05, 4.69) is 6.92 Å². The third-order valence-electron chi connectivity index (χ3n) is 5.88. The molecular weight excluding hydrogens is 460 g/mol. The number of thioether (sulfide) groups is 1. The molecule has 0 spiro atoms. The van der Waals surface area contributed by atoms with Crippen molar-refractivity contribution >= 4 is 39.1 Å². The number of fused-ring (bicyclic) bond motifs is 1. The number of aryl methyl sites for hydroxylation is 2. The van der Waals surface area contributed by atoms with E-state index in [0.717, 1.165) is 34.5 Å². The summed E-state index contributed by atoms with van der Waals surface area (Å²) in [6.45, 7) is 5.25. The van der Waals surface area contributed by atoms with E-state index < -0.39 is 0 Å². The van der Waals surface area contributed by atoms with Crippen LogP contribution in [0.5, 0.6) is 11.5 Å². The highest BCUT2D eigenvalue weighted by molar-refractivity contribution is 7.99. The summed E-state index contributed by atoms with van der Waals surface area (Å²) < 4.78 is 18.1. The van der Waals surface area contributed by atoms with Crippen molar-refractivity contribution in [2.75, 3.05) is 26.6 Å². The molecule has 0 aliphatic carbocycles. The zero-order valence-electron chi connectivity index (χ0n) is 19.3. The average molecular weight is 489 g/mol. The molecule has 0 bridgehead atoms. The number of rotatable bonds is 9. The number of ether oxygens (including phenoxy) is 3. The predicted octanol–water partition coefficient (Wildman–Crippen LogP) is 4.50. The summed E-state index contributed by atoms with van der Waals surface area (Å²) in [5.41, 5.74) is 1.48. The number of aromatic nitrogens is 2. The largest absolute Gasteiger partial charge is 0.497 e. The number of hydrogen-bond donors (Lipinski definition) is 0. The Labute approximate surface area is 201 Å². The van der Waals surface area contributed by atoms with Gasteiger partial charge >= 0.3 is 0 Å². The molecule has 1 atom stereocenters. The lowest BCUT2D eigenvalue weighted by molar-refractivity contribution is 0.0937. The van der Waals surface area contributed by atoms with Crippen molar-refractivity contribution in [3.63, 3.8) is 0 Å². The minimum absolute atomic E-state index is 0.0107. The van der Waals surface area contributed by atoms with E-state index in [1.165, 1.54) is 30.2 Å². The van der Waals surface area contributed by atoms with Crippen LogP contribution in [0.3, 0.4) is 0 Å². The van der Waals surface area contributed by atoms with Gasteiger partial charge in [-0.2, -0.15) is 0 Å². The Kier molecular flexibility index (Phi) is 7.41. The molecule has 0 amide bonds. The van der Waals surface area contributed by atoms with Crippen LogP contribution < -0.4 is 15.0 Å². The molecule has 176 valence electrons. The van der Waals surface area contributed by atoms with Gasteiger partial charge in [0.2, 0.25) is 0 Å². The van der Waals surface area contributed by atoms with Crippen LogP contribution in [-0.2, 0) is 17.7 Å². The van der Waals surface area contributed by atoms with Crippen molar-refractivity contribution < 1.29 is 19.0 Å². The lowest BCUT2D eigenvalue weighted by atomic mass is 10.1. The second-order valence-electron chi connectivity index (χ2n) is 7.89. The van der Waals surface area contributed by atoms with Gasteiger partial charge in [-0.3, -0.25) is 14.2 Å². The molecule has 3 heterocycles. The molecular formula is C24H28N2O5S2. The maximum atomic E-state index is 13.6. The van der Waals surface area contributed by atoms with Gasteiger partial charge < -0.3 is 14.2 Å². The van der Waals surface area contributed by atoms with Gasteiger partial charge in [0.25, 0.3) is 5.56 Å². The number of benzene rings is 1. The molecule has 1 aromatic carbocycles. The van der Waals surface area contributed by atoms with Crippen LogP contribution in [0.25, 0.3) is 10.2 Å². The van der Waals surface area contributed by atoms with Crippen LogP contribution in [-0.4, -0.2) is 48.0 Å². The number of nitrogens with zero attached hydrogens (tertiary/aromatic N) is 2. The van der Waals surface area contributed by atoms with Crippen LogP contribution >= 0.6 is 23.1 Å². The minimum atomic E-state index is -0.103. The third kappa shape index (κ3) is 4.81. The van der Waals surface area contributed by atoms with Gasteiger partial charge in [-0.1, -0.05) is 18.7 Å². The fourth-order valence-corrected chi connectivity index (χ4v) is 6.20. The zero-order valence-corrected chi connectivity index (χ0v) is 20.9. The van der Waals surface area contributed by atoms with Gasteiger partial charge in [0.1, 0.15) is 16.3 Å². The number of thiophene rings is 1. The average Bonchev–Trinajstić information content (AvgIpc) is 3.45. The van der Waals surface area contributed by atoms with Crippen LogP contribution in [0.1, 0.15) is 40.6 Å². The predicted molar refractivity (Wildman–Crippen MR) is 132 cm³/mol. The van der Waals surface area contributed by atoms with E-state index in [1.807, 2.05) is 6.92 Å².